The normalized spacial score (nSPS) is 10.6. The monoisotopic (exact) mass is 314 g/mol. The third kappa shape index (κ3) is 3.07. The summed E-state index contributed by atoms with van der Waals surface area (Å²) in [5, 5.41) is 0.845. The molecule has 0 N–H and O–H groups in total. The van der Waals surface area contributed by atoms with Crippen LogP contribution in [0.4, 0.5) is 0 Å². The molecule has 5 nitrogen and oxygen atoms in total. The maximum absolute atomic E-state index is 12.0. The van der Waals surface area contributed by atoms with Crippen LogP contribution in [0, 0.1) is 13.8 Å². The molecule has 0 saturated heterocycles. The molecule has 0 bridgehead atoms. The van der Waals surface area contributed by atoms with E-state index in [0.29, 0.717) is 22.2 Å². The van der Waals surface area contributed by atoms with E-state index in [0.717, 1.165) is 10.6 Å². The quantitative estimate of drug-likeness (QED) is 0.686. The Labute approximate surface area is 131 Å². The van der Waals surface area contributed by atoms with Crippen LogP contribution in [-0.2, 0) is 11.3 Å². The molecule has 112 valence electrons. The third-order valence-electron chi connectivity index (χ3n) is 3.01. The van der Waals surface area contributed by atoms with Crippen LogP contribution < -0.4 is 0 Å². The Balaban J connectivity index is 1.66. The summed E-state index contributed by atoms with van der Waals surface area (Å²) in [6.07, 6.45) is 1.50. The smallest absolute Gasteiger partial charge is 0.350 e. The first-order valence-electron chi connectivity index (χ1n) is 6.74. The van der Waals surface area contributed by atoms with Crippen molar-refractivity contribution in [1.29, 1.82) is 0 Å². The highest BCUT2D eigenvalue weighted by molar-refractivity contribution is 7.13. The first kappa shape index (κ1) is 14.5. The van der Waals surface area contributed by atoms with Gasteiger partial charge in [0.25, 0.3) is 0 Å². The molecule has 0 saturated carbocycles. The summed E-state index contributed by atoms with van der Waals surface area (Å²) in [7, 11) is 0. The second-order valence-corrected chi connectivity index (χ2v) is 5.94. The molecule has 0 aliphatic rings. The summed E-state index contributed by atoms with van der Waals surface area (Å²) < 4.78 is 10.7. The predicted molar refractivity (Wildman–Crippen MR) is 82.6 cm³/mol. The van der Waals surface area contributed by atoms with E-state index < -0.39 is 0 Å². The fraction of sp³-hybridized carbons (Fsp3) is 0.188. The highest BCUT2D eigenvalue weighted by atomic mass is 32.1. The number of oxazole rings is 1. The number of aromatic nitrogens is 2. The fourth-order valence-electron chi connectivity index (χ4n) is 2.01. The van der Waals surface area contributed by atoms with Gasteiger partial charge in [-0.25, -0.2) is 14.8 Å². The molecule has 0 amide bonds. The average Bonchev–Trinajstić information content (AvgIpc) is 3.12. The van der Waals surface area contributed by atoms with E-state index in [2.05, 4.69) is 9.97 Å². The second kappa shape index (κ2) is 6.11. The van der Waals surface area contributed by atoms with Crippen molar-refractivity contribution in [3.05, 3.63) is 57.9 Å². The minimum atomic E-state index is -0.382. The zero-order valence-corrected chi connectivity index (χ0v) is 13.0. The van der Waals surface area contributed by atoms with Crippen molar-refractivity contribution < 1.29 is 13.9 Å². The van der Waals surface area contributed by atoms with Crippen LogP contribution in [0.25, 0.3) is 11.5 Å². The van der Waals surface area contributed by atoms with E-state index in [1.165, 1.54) is 17.6 Å². The molecule has 3 aromatic rings. The Morgan fingerprint density at radius 1 is 1.23 bits per heavy atom. The molecule has 2 aromatic heterocycles. The molecule has 6 heteroatoms. The van der Waals surface area contributed by atoms with Gasteiger partial charge in [-0.05, 0) is 26.0 Å². The highest BCUT2D eigenvalue weighted by Gasteiger charge is 2.16. The maximum Gasteiger partial charge on any atom is 0.350 e. The van der Waals surface area contributed by atoms with Crippen LogP contribution in [0.2, 0.25) is 0 Å². The van der Waals surface area contributed by atoms with E-state index >= 15 is 0 Å². The number of ether oxygens (including phenoxy) is 1. The van der Waals surface area contributed by atoms with Crippen LogP contribution >= 0.6 is 11.3 Å². The van der Waals surface area contributed by atoms with Crippen molar-refractivity contribution in [2.45, 2.75) is 20.5 Å². The van der Waals surface area contributed by atoms with Crippen LogP contribution in [0.3, 0.4) is 0 Å². The number of hydrogen-bond acceptors (Lipinski definition) is 6. The Hall–Kier alpha value is -2.47. The van der Waals surface area contributed by atoms with Crippen molar-refractivity contribution in [1.82, 2.24) is 9.97 Å². The van der Waals surface area contributed by atoms with Crippen molar-refractivity contribution in [3.8, 4) is 11.5 Å². The number of carbonyl (C=O) groups excluding carboxylic acids is 1. The van der Waals surface area contributed by atoms with Gasteiger partial charge < -0.3 is 9.15 Å². The third-order valence-corrected chi connectivity index (χ3v) is 4.07. The van der Waals surface area contributed by atoms with Gasteiger partial charge in [0.2, 0.25) is 5.89 Å². The van der Waals surface area contributed by atoms with E-state index in [-0.39, 0.29) is 12.6 Å². The number of nitrogens with zero attached hydrogens (tertiary/aromatic N) is 2. The zero-order valence-electron chi connectivity index (χ0n) is 12.2. The molecule has 0 aliphatic heterocycles. The lowest BCUT2D eigenvalue weighted by Gasteiger charge is -2.00. The summed E-state index contributed by atoms with van der Waals surface area (Å²) in [5.74, 6) is 0.129. The van der Waals surface area contributed by atoms with Gasteiger partial charge in [0, 0.05) is 5.56 Å². The molecule has 0 unspecified atom stereocenters. The number of hydrogen-bond donors (Lipinski definition) is 0. The first-order valence-corrected chi connectivity index (χ1v) is 7.56. The number of esters is 1. The lowest BCUT2D eigenvalue weighted by Crippen LogP contribution is -2.05. The van der Waals surface area contributed by atoms with Gasteiger partial charge in [-0.15, -0.1) is 11.3 Å². The van der Waals surface area contributed by atoms with E-state index in [9.17, 15) is 4.79 Å². The van der Waals surface area contributed by atoms with Gasteiger partial charge >= 0.3 is 5.97 Å². The Morgan fingerprint density at radius 2 is 2.00 bits per heavy atom. The van der Waals surface area contributed by atoms with Crippen molar-refractivity contribution in [2.75, 3.05) is 0 Å². The van der Waals surface area contributed by atoms with Crippen LogP contribution in [0.1, 0.15) is 26.1 Å². The number of aryl methyl sites for hydroxylation is 2. The van der Waals surface area contributed by atoms with Crippen LogP contribution in [0.5, 0.6) is 0 Å². The Kier molecular flexibility index (Phi) is 4.02. The maximum atomic E-state index is 12.0. The Morgan fingerprint density at radius 3 is 2.68 bits per heavy atom. The molecule has 3 rings (SSSR count). The molecule has 0 aliphatic carbocycles. The molecule has 0 atom stereocenters. The SMILES string of the molecule is Cc1nc(C)c(C(=O)OCc2coc(-c3ccccc3)n2)s1. The molecular weight excluding hydrogens is 300 g/mol. The van der Waals surface area contributed by atoms with Crippen LogP contribution in [0.15, 0.2) is 41.0 Å². The standard InChI is InChI=1S/C16H14N2O3S/c1-10-14(22-11(2)17-10)16(19)21-9-13-8-20-15(18-13)12-6-4-3-5-7-12/h3-8H,9H2,1-2H3. The highest BCUT2D eigenvalue weighted by Crippen LogP contribution is 2.20. The fourth-order valence-corrected chi connectivity index (χ4v) is 2.83. The second-order valence-electron chi connectivity index (χ2n) is 4.73. The van der Waals surface area contributed by atoms with E-state index in [1.807, 2.05) is 37.3 Å². The Bertz CT molecular complexity index is 793. The molecule has 2 heterocycles. The molecule has 0 spiro atoms. The largest absolute Gasteiger partial charge is 0.455 e. The topological polar surface area (TPSA) is 65.2 Å². The lowest BCUT2D eigenvalue weighted by atomic mass is 10.2. The average molecular weight is 314 g/mol. The summed E-state index contributed by atoms with van der Waals surface area (Å²) >= 11 is 1.33. The van der Waals surface area contributed by atoms with Gasteiger partial charge in [0.1, 0.15) is 23.4 Å². The van der Waals surface area contributed by atoms with Gasteiger partial charge in [0.05, 0.1) is 10.7 Å². The summed E-state index contributed by atoms with van der Waals surface area (Å²) in [5.41, 5.74) is 2.15. The van der Waals surface area contributed by atoms with Gasteiger partial charge in [-0.1, -0.05) is 18.2 Å². The summed E-state index contributed by atoms with van der Waals surface area (Å²) in [6.45, 7) is 3.73. The minimum Gasteiger partial charge on any atom is -0.455 e. The van der Waals surface area contributed by atoms with E-state index in [4.69, 9.17) is 9.15 Å². The van der Waals surface area contributed by atoms with Crippen LogP contribution in [-0.4, -0.2) is 15.9 Å². The number of rotatable bonds is 4. The minimum absolute atomic E-state index is 0.0750. The van der Waals surface area contributed by atoms with Crippen molar-refractivity contribution in [3.63, 3.8) is 0 Å². The molecule has 1 aromatic carbocycles. The molecule has 0 fully saturated rings. The van der Waals surface area contributed by atoms with Crippen molar-refractivity contribution in [2.24, 2.45) is 0 Å². The van der Waals surface area contributed by atoms with Gasteiger partial charge in [-0.2, -0.15) is 0 Å². The van der Waals surface area contributed by atoms with Gasteiger partial charge in [0.15, 0.2) is 0 Å². The summed E-state index contributed by atoms with van der Waals surface area (Å²) in [6, 6.07) is 9.56. The lowest BCUT2D eigenvalue weighted by molar-refractivity contribution is 0.0472. The zero-order chi connectivity index (χ0) is 15.5. The number of carbonyl (C=O) groups is 1. The first-order chi connectivity index (χ1) is 10.6. The van der Waals surface area contributed by atoms with Crippen molar-refractivity contribution >= 4 is 17.3 Å². The predicted octanol–water partition coefficient (Wildman–Crippen LogP) is 3.77. The van der Waals surface area contributed by atoms with Gasteiger partial charge in [-0.3, -0.25) is 0 Å². The molecule has 22 heavy (non-hydrogen) atoms. The van der Waals surface area contributed by atoms with E-state index in [1.54, 1.807) is 6.92 Å². The number of thiazole rings is 1. The number of benzene rings is 1. The molecule has 0 radical (unpaired) electrons. The summed E-state index contributed by atoms with van der Waals surface area (Å²) in [4.78, 5) is 21.1. The molecular formula is C16H14N2O3S.